The van der Waals surface area contributed by atoms with Crippen molar-refractivity contribution in [1.29, 1.82) is 0 Å². The summed E-state index contributed by atoms with van der Waals surface area (Å²) in [4.78, 5) is 27.7. The molecule has 0 saturated carbocycles. The number of carbonyl (C=O) groups excluding carboxylic acids is 2. The first-order chi connectivity index (χ1) is 29.8. The van der Waals surface area contributed by atoms with Gasteiger partial charge in [-0.05, 0) is 137 Å². The molecule has 0 heterocycles. The van der Waals surface area contributed by atoms with Crippen LogP contribution in [0, 0.1) is 6.92 Å². The van der Waals surface area contributed by atoms with E-state index in [1.807, 2.05) is 42.5 Å². The molecule has 61 heavy (non-hydrogen) atoms. The Balaban J connectivity index is 1.03. The van der Waals surface area contributed by atoms with E-state index in [4.69, 9.17) is 9.47 Å². The molecule has 0 radical (unpaired) electrons. The van der Waals surface area contributed by atoms with Crippen molar-refractivity contribution < 1.29 is 19.1 Å². The minimum atomic E-state index is -0.485. The molecule has 0 bridgehead atoms. The molecule has 0 N–H and O–H groups in total. The van der Waals surface area contributed by atoms with E-state index in [-0.39, 0.29) is 0 Å². The summed E-state index contributed by atoms with van der Waals surface area (Å²) in [5.41, 5.74) is 13.8. The first-order valence-corrected chi connectivity index (χ1v) is 19.9. The Labute approximate surface area is 356 Å². The van der Waals surface area contributed by atoms with Gasteiger partial charge in [-0.25, -0.2) is 9.59 Å². The van der Waals surface area contributed by atoms with Crippen LogP contribution in [0.5, 0.6) is 11.5 Å². The summed E-state index contributed by atoms with van der Waals surface area (Å²) in [6, 6.07) is 68.0. The maximum absolute atomic E-state index is 11.6. The lowest BCUT2D eigenvalue weighted by atomic mass is 10.0. The van der Waals surface area contributed by atoms with Gasteiger partial charge in [0.15, 0.2) is 0 Å². The van der Waals surface area contributed by atoms with Gasteiger partial charge in [0, 0.05) is 46.3 Å². The predicted molar refractivity (Wildman–Crippen MR) is 249 cm³/mol. The Hall–Kier alpha value is -8.22. The van der Waals surface area contributed by atoms with Gasteiger partial charge in [0.2, 0.25) is 0 Å². The fraction of sp³-hybridized carbons (Fsp3) is 0.0182. The minimum absolute atomic E-state index is 0.475. The van der Waals surface area contributed by atoms with E-state index in [1.54, 1.807) is 24.3 Å². The van der Waals surface area contributed by atoms with Gasteiger partial charge in [-0.1, -0.05) is 122 Å². The lowest BCUT2D eigenvalue weighted by molar-refractivity contribution is -0.129. The molecule has 0 unspecified atom stereocenters. The number of ether oxygens (including phenoxy) is 2. The van der Waals surface area contributed by atoms with Crippen molar-refractivity contribution in [2.24, 2.45) is 0 Å². The number of hydrogen-bond donors (Lipinski definition) is 0. The maximum atomic E-state index is 11.6. The number of carbonyl (C=O) groups is 2. The summed E-state index contributed by atoms with van der Waals surface area (Å²) in [5.74, 6) is -0.0189. The van der Waals surface area contributed by atoms with Gasteiger partial charge in [0.25, 0.3) is 0 Å². The highest BCUT2D eigenvalue weighted by Crippen LogP contribution is 2.39. The zero-order valence-corrected chi connectivity index (χ0v) is 33.6. The molecule has 8 aromatic carbocycles. The number of para-hydroxylation sites is 1. The van der Waals surface area contributed by atoms with Crippen molar-refractivity contribution in [1.82, 2.24) is 0 Å². The van der Waals surface area contributed by atoms with Gasteiger partial charge in [-0.3, -0.25) is 0 Å². The third kappa shape index (κ3) is 9.25. The second kappa shape index (κ2) is 18.1. The molecule has 0 aliphatic rings. The quantitative estimate of drug-likeness (QED) is 0.0658. The molecule has 0 spiro atoms. The molecule has 0 aliphatic heterocycles. The van der Waals surface area contributed by atoms with Crippen LogP contribution >= 0.6 is 0 Å². The summed E-state index contributed by atoms with van der Waals surface area (Å²) >= 11 is 0. The van der Waals surface area contributed by atoms with Crippen LogP contribution in [0.25, 0.3) is 33.4 Å². The van der Waals surface area contributed by atoms with E-state index in [1.165, 1.54) is 5.56 Å². The molecule has 8 aromatic rings. The van der Waals surface area contributed by atoms with Crippen LogP contribution in [0.1, 0.15) is 5.56 Å². The highest BCUT2D eigenvalue weighted by molar-refractivity contribution is 5.85. The third-order valence-corrected chi connectivity index (χ3v) is 10.3. The third-order valence-electron chi connectivity index (χ3n) is 10.3. The van der Waals surface area contributed by atoms with Crippen molar-refractivity contribution in [3.8, 4) is 44.9 Å². The van der Waals surface area contributed by atoms with Crippen molar-refractivity contribution in [3.63, 3.8) is 0 Å². The molecule has 0 saturated heterocycles. The standard InChI is InChI=1S/C55H42N2O4/c1-4-54(58)60-52-35-21-44(22-36-52)42-17-29-49(30-18-42)56(46-9-7-6-8-10-46)48-27-13-40(14-28-48)41-15-31-50(32-16-41)57(47-25-11-39(3)12-26-47)51-33-19-43(20-34-51)45-23-37-53(38-24-45)61-55(59)5-2/h4-38H,1-2H2,3H3. The molecule has 8 rings (SSSR count). The Morgan fingerprint density at radius 1 is 0.361 bits per heavy atom. The van der Waals surface area contributed by atoms with Gasteiger partial charge in [0.1, 0.15) is 11.5 Å². The Morgan fingerprint density at radius 3 is 0.885 bits per heavy atom. The number of esters is 2. The topological polar surface area (TPSA) is 59.1 Å². The molecule has 0 atom stereocenters. The molecule has 0 fully saturated rings. The average molecular weight is 795 g/mol. The minimum Gasteiger partial charge on any atom is -0.423 e. The molecule has 6 nitrogen and oxygen atoms in total. The maximum Gasteiger partial charge on any atom is 0.335 e. The average Bonchev–Trinajstić information content (AvgIpc) is 3.31. The smallest absolute Gasteiger partial charge is 0.335 e. The summed E-state index contributed by atoms with van der Waals surface area (Å²) in [7, 11) is 0. The fourth-order valence-electron chi connectivity index (χ4n) is 7.12. The van der Waals surface area contributed by atoms with Gasteiger partial charge >= 0.3 is 11.9 Å². The highest BCUT2D eigenvalue weighted by atomic mass is 16.5. The lowest BCUT2D eigenvalue weighted by Crippen LogP contribution is -2.10. The van der Waals surface area contributed by atoms with Crippen molar-refractivity contribution >= 4 is 46.1 Å². The SMILES string of the molecule is C=CC(=O)Oc1ccc(-c2ccc(N(c3ccccc3)c3ccc(-c4ccc(N(c5ccc(C)cc5)c5ccc(-c6ccc(OC(=O)C=C)cc6)cc5)cc4)cc3)cc2)cc1. The number of benzene rings is 8. The second-order valence-electron chi connectivity index (χ2n) is 14.3. The van der Waals surface area contributed by atoms with Crippen LogP contribution in [-0.2, 0) is 9.59 Å². The van der Waals surface area contributed by atoms with Crippen LogP contribution in [-0.4, -0.2) is 11.9 Å². The first-order valence-electron chi connectivity index (χ1n) is 19.9. The van der Waals surface area contributed by atoms with Crippen LogP contribution < -0.4 is 19.3 Å². The summed E-state index contributed by atoms with van der Waals surface area (Å²) in [6.07, 6.45) is 2.30. The number of aryl methyl sites for hydroxylation is 1. The summed E-state index contributed by atoms with van der Waals surface area (Å²) in [5, 5.41) is 0. The van der Waals surface area contributed by atoms with Gasteiger partial charge in [-0.2, -0.15) is 0 Å². The largest absolute Gasteiger partial charge is 0.423 e. The van der Waals surface area contributed by atoms with E-state index < -0.39 is 11.9 Å². The van der Waals surface area contributed by atoms with Crippen LogP contribution in [0.4, 0.5) is 34.1 Å². The van der Waals surface area contributed by atoms with Gasteiger partial charge in [0.05, 0.1) is 0 Å². The highest BCUT2D eigenvalue weighted by Gasteiger charge is 2.16. The van der Waals surface area contributed by atoms with Crippen molar-refractivity contribution in [3.05, 3.63) is 231 Å². The Kier molecular flexibility index (Phi) is 11.8. The number of rotatable bonds is 13. The Morgan fingerprint density at radius 2 is 0.607 bits per heavy atom. The number of nitrogens with zero attached hydrogens (tertiary/aromatic N) is 2. The zero-order valence-electron chi connectivity index (χ0n) is 33.6. The first kappa shape index (κ1) is 39.6. The van der Waals surface area contributed by atoms with E-state index >= 15 is 0 Å². The molecule has 296 valence electrons. The predicted octanol–water partition coefficient (Wildman–Crippen LogP) is 14.1. The molecular weight excluding hydrogens is 753 g/mol. The molecule has 0 amide bonds. The molecule has 0 aromatic heterocycles. The number of hydrogen-bond acceptors (Lipinski definition) is 6. The molecule has 6 heteroatoms. The van der Waals surface area contributed by atoms with E-state index in [0.29, 0.717) is 11.5 Å². The lowest BCUT2D eigenvalue weighted by Gasteiger charge is -2.26. The second-order valence-corrected chi connectivity index (χ2v) is 14.3. The Bertz CT molecular complexity index is 2760. The molecular formula is C55H42N2O4. The zero-order chi connectivity index (χ0) is 42.1. The summed E-state index contributed by atoms with van der Waals surface area (Å²) < 4.78 is 10.5. The fourth-order valence-corrected chi connectivity index (χ4v) is 7.12. The van der Waals surface area contributed by atoms with E-state index in [2.05, 4.69) is 163 Å². The number of anilines is 6. The monoisotopic (exact) mass is 794 g/mol. The molecule has 0 aliphatic carbocycles. The van der Waals surface area contributed by atoms with Crippen molar-refractivity contribution in [2.45, 2.75) is 6.92 Å². The van der Waals surface area contributed by atoms with Crippen LogP contribution in [0.3, 0.4) is 0 Å². The van der Waals surface area contributed by atoms with E-state index in [0.717, 1.165) is 79.7 Å². The summed E-state index contributed by atoms with van der Waals surface area (Å²) in [6.45, 7) is 9.02. The van der Waals surface area contributed by atoms with Crippen LogP contribution in [0.2, 0.25) is 0 Å². The normalized spacial score (nSPS) is 10.6. The van der Waals surface area contributed by atoms with E-state index in [9.17, 15) is 9.59 Å². The van der Waals surface area contributed by atoms with Gasteiger partial charge < -0.3 is 19.3 Å². The van der Waals surface area contributed by atoms with Crippen molar-refractivity contribution in [2.75, 3.05) is 9.80 Å². The van der Waals surface area contributed by atoms with Crippen LogP contribution in [0.15, 0.2) is 226 Å². The van der Waals surface area contributed by atoms with Gasteiger partial charge in [-0.15, -0.1) is 0 Å².